The van der Waals surface area contributed by atoms with Gasteiger partial charge < -0.3 is 9.80 Å². The van der Waals surface area contributed by atoms with Crippen LogP contribution in [0.15, 0.2) is 6.20 Å². The minimum Gasteiger partial charge on any atom is -0.337 e. The smallest absolute Gasteiger partial charge is 0.257 e. The Kier molecular flexibility index (Phi) is 4.60. The van der Waals surface area contributed by atoms with E-state index >= 15 is 0 Å². The number of nitrogens with zero attached hydrogens (tertiary/aromatic N) is 3. The molecule has 1 amide bonds. The maximum Gasteiger partial charge on any atom is 0.257 e. The molecule has 1 saturated heterocycles. The van der Waals surface area contributed by atoms with Crippen LogP contribution < -0.4 is 0 Å². The highest BCUT2D eigenvalue weighted by atomic mass is 35.5. The topological polar surface area (TPSA) is 52.2 Å². The zero-order valence-corrected chi connectivity index (χ0v) is 11.4. The Morgan fingerprint density at radius 1 is 1.44 bits per heavy atom. The van der Waals surface area contributed by atoms with Gasteiger partial charge in [0.2, 0.25) is 0 Å². The number of amides is 1. The summed E-state index contributed by atoms with van der Waals surface area (Å²) in [5.74, 6) is 0.725. The molecule has 1 aliphatic rings. The monoisotopic (exact) mass is 270 g/mol. The standard InChI is InChI=1S/C12H19ClN4O/c1-10-11(9-14-15-10)12(18)17-5-2-4-16(6-3-13)7-8-17/h9H,2-8H2,1H3,(H,14,15). The first-order valence-electron chi connectivity index (χ1n) is 6.30. The summed E-state index contributed by atoms with van der Waals surface area (Å²) in [6.07, 6.45) is 2.61. The third-order valence-corrected chi connectivity index (χ3v) is 3.51. The van der Waals surface area contributed by atoms with Crippen molar-refractivity contribution >= 4 is 17.5 Å². The molecule has 1 N–H and O–H groups in total. The van der Waals surface area contributed by atoms with Crippen molar-refractivity contribution in [3.63, 3.8) is 0 Å². The molecule has 100 valence electrons. The highest BCUT2D eigenvalue weighted by molar-refractivity contribution is 6.18. The number of carbonyl (C=O) groups is 1. The highest BCUT2D eigenvalue weighted by Crippen LogP contribution is 2.11. The van der Waals surface area contributed by atoms with Crippen molar-refractivity contribution in [2.75, 3.05) is 38.6 Å². The lowest BCUT2D eigenvalue weighted by Gasteiger charge is -2.21. The lowest BCUT2D eigenvalue weighted by Crippen LogP contribution is -2.35. The van der Waals surface area contributed by atoms with Gasteiger partial charge in [-0.05, 0) is 19.9 Å². The number of rotatable bonds is 3. The van der Waals surface area contributed by atoms with E-state index in [1.54, 1.807) is 6.20 Å². The van der Waals surface area contributed by atoms with E-state index in [2.05, 4.69) is 15.1 Å². The summed E-state index contributed by atoms with van der Waals surface area (Å²) in [7, 11) is 0. The van der Waals surface area contributed by atoms with E-state index in [9.17, 15) is 4.79 Å². The zero-order chi connectivity index (χ0) is 13.0. The molecule has 0 aromatic carbocycles. The molecular formula is C12H19ClN4O. The second-order valence-corrected chi connectivity index (χ2v) is 4.96. The summed E-state index contributed by atoms with van der Waals surface area (Å²) in [6, 6.07) is 0. The fraction of sp³-hybridized carbons (Fsp3) is 0.667. The van der Waals surface area contributed by atoms with Crippen LogP contribution in [0.5, 0.6) is 0 Å². The molecule has 0 aliphatic carbocycles. The Bertz CT molecular complexity index is 407. The van der Waals surface area contributed by atoms with Gasteiger partial charge in [0, 0.05) is 37.8 Å². The predicted molar refractivity (Wildman–Crippen MR) is 71.0 cm³/mol. The normalized spacial score (nSPS) is 17.8. The van der Waals surface area contributed by atoms with Gasteiger partial charge in [-0.25, -0.2) is 0 Å². The molecule has 0 radical (unpaired) electrons. The Hall–Kier alpha value is -1.07. The molecule has 2 rings (SSSR count). The van der Waals surface area contributed by atoms with E-state index in [0.29, 0.717) is 11.4 Å². The van der Waals surface area contributed by atoms with E-state index in [4.69, 9.17) is 11.6 Å². The van der Waals surface area contributed by atoms with E-state index in [1.807, 2.05) is 11.8 Å². The average molecular weight is 271 g/mol. The summed E-state index contributed by atoms with van der Waals surface area (Å²) in [4.78, 5) is 16.5. The fourth-order valence-corrected chi connectivity index (χ4v) is 2.49. The molecule has 6 heteroatoms. The summed E-state index contributed by atoms with van der Waals surface area (Å²) in [5, 5.41) is 6.71. The highest BCUT2D eigenvalue weighted by Gasteiger charge is 2.21. The zero-order valence-electron chi connectivity index (χ0n) is 10.7. The number of aryl methyl sites for hydroxylation is 1. The first-order chi connectivity index (χ1) is 8.72. The van der Waals surface area contributed by atoms with Crippen molar-refractivity contribution in [1.29, 1.82) is 0 Å². The fourth-order valence-electron chi connectivity index (χ4n) is 2.25. The summed E-state index contributed by atoms with van der Waals surface area (Å²) in [6.45, 7) is 6.25. The van der Waals surface area contributed by atoms with Crippen LogP contribution in [-0.4, -0.2) is 64.5 Å². The second-order valence-electron chi connectivity index (χ2n) is 4.59. The van der Waals surface area contributed by atoms with E-state index in [-0.39, 0.29) is 5.91 Å². The van der Waals surface area contributed by atoms with Crippen molar-refractivity contribution in [2.24, 2.45) is 0 Å². The van der Waals surface area contributed by atoms with Gasteiger partial charge in [0.25, 0.3) is 5.91 Å². The van der Waals surface area contributed by atoms with Crippen LogP contribution in [0.2, 0.25) is 0 Å². The van der Waals surface area contributed by atoms with Gasteiger partial charge >= 0.3 is 0 Å². The Labute approximate surface area is 112 Å². The predicted octanol–water partition coefficient (Wildman–Crippen LogP) is 1.10. The van der Waals surface area contributed by atoms with Crippen molar-refractivity contribution in [1.82, 2.24) is 20.0 Å². The number of aromatic amines is 1. The number of hydrogen-bond donors (Lipinski definition) is 1. The summed E-state index contributed by atoms with van der Waals surface area (Å²) in [5.41, 5.74) is 1.52. The lowest BCUT2D eigenvalue weighted by atomic mass is 10.2. The van der Waals surface area contributed by atoms with Crippen LogP contribution in [0.3, 0.4) is 0 Å². The third-order valence-electron chi connectivity index (χ3n) is 3.34. The van der Waals surface area contributed by atoms with Gasteiger partial charge in [0.05, 0.1) is 11.8 Å². The molecule has 0 unspecified atom stereocenters. The molecule has 1 aromatic rings. The van der Waals surface area contributed by atoms with E-state index in [1.165, 1.54) is 0 Å². The van der Waals surface area contributed by atoms with Crippen LogP contribution in [0.4, 0.5) is 0 Å². The van der Waals surface area contributed by atoms with Gasteiger partial charge in [-0.3, -0.25) is 9.89 Å². The SMILES string of the molecule is Cc1[nH]ncc1C(=O)N1CCCN(CCCl)CC1. The van der Waals surface area contributed by atoms with Crippen molar-refractivity contribution < 1.29 is 4.79 Å². The van der Waals surface area contributed by atoms with Crippen molar-refractivity contribution in [3.8, 4) is 0 Å². The molecular weight excluding hydrogens is 252 g/mol. The number of halogens is 1. The van der Waals surface area contributed by atoms with Crippen LogP contribution in [-0.2, 0) is 0 Å². The third kappa shape index (κ3) is 3.03. The number of alkyl halides is 1. The Morgan fingerprint density at radius 2 is 2.28 bits per heavy atom. The first-order valence-corrected chi connectivity index (χ1v) is 6.83. The minimum absolute atomic E-state index is 0.0778. The van der Waals surface area contributed by atoms with E-state index in [0.717, 1.165) is 44.8 Å². The number of aromatic nitrogens is 2. The van der Waals surface area contributed by atoms with Crippen LogP contribution in [0, 0.1) is 6.92 Å². The van der Waals surface area contributed by atoms with Crippen molar-refractivity contribution in [2.45, 2.75) is 13.3 Å². The number of nitrogens with one attached hydrogen (secondary N) is 1. The molecule has 1 fully saturated rings. The molecule has 0 bridgehead atoms. The van der Waals surface area contributed by atoms with Gasteiger partial charge in [-0.15, -0.1) is 11.6 Å². The molecule has 0 spiro atoms. The van der Waals surface area contributed by atoms with Gasteiger partial charge in [0.1, 0.15) is 0 Å². The number of carbonyl (C=O) groups excluding carboxylic acids is 1. The molecule has 2 heterocycles. The molecule has 18 heavy (non-hydrogen) atoms. The van der Waals surface area contributed by atoms with Crippen molar-refractivity contribution in [3.05, 3.63) is 17.5 Å². The molecule has 1 aliphatic heterocycles. The number of H-pyrrole nitrogens is 1. The largest absolute Gasteiger partial charge is 0.337 e. The maximum absolute atomic E-state index is 12.3. The average Bonchev–Trinajstić information content (AvgIpc) is 2.64. The summed E-state index contributed by atoms with van der Waals surface area (Å²) < 4.78 is 0. The van der Waals surface area contributed by atoms with E-state index < -0.39 is 0 Å². The Balaban J connectivity index is 1.98. The molecule has 5 nitrogen and oxygen atoms in total. The minimum atomic E-state index is 0.0778. The first kappa shape index (κ1) is 13.4. The van der Waals surface area contributed by atoms with Gasteiger partial charge in [-0.1, -0.05) is 0 Å². The second kappa shape index (κ2) is 6.20. The number of hydrogen-bond acceptors (Lipinski definition) is 3. The van der Waals surface area contributed by atoms with Gasteiger partial charge in [-0.2, -0.15) is 5.10 Å². The summed E-state index contributed by atoms with van der Waals surface area (Å²) >= 11 is 5.75. The van der Waals surface area contributed by atoms with Crippen LogP contribution in [0.25, 0.3) is 0 Å². The maximum atomic E-state index is 12.3. The van der Waals surface area contributed by atoms with Crippen LogP contribution in [0.1, 0.15) is 22.5 Å². The van der Waals surface area contributed by atoms with Crippen LogP contribution >= 0.6 is 11.6 Å². The molecule has 1 aromatic heterocycles. The van der Waals surface area contributed by atoms with Gasteiger partial charge in [0.15, 0.2) is 0 Å². The quantitative estimate of drug-likeness (QED) is 0.837. The lowest BCUT2D eigenvalue weighted by molar-refractivity contribution is 0.0761. The Morgan fingerprint density at radius 3 is 2.94 bits per heavy atom. The molecule has 0 atom stereocenters. The molecule has 0 saturated carbocycles.